The van der Waals surface area contributed by atoms with E-state index in [0.717, 1.165) is 28.2 Å². The molecule has 0 saturated heterocycles. The Hall–Kier alpha value is -3.61. The van der Waals surface area contributed by atoms with Crippen molar-refractivity contribution in [3.05, 3.63) is 99.7 Å². The SMILES string of the molecule is Cc1nn(-c2ccccc2)c2c1[C@H](c1cccc(Cl)c1Cl)N1C(=N2)C(=O)Nc2ccccc21. The monoisotopic (exact) mass is 473 g/mol. The molecule has 1 N–H and O–H groups in total. The predicted molar refractivity (Wildman–Crippen MR) is 131 cm³/mol. The van der Waals surface area contributed by atoms with Crippen molar-refractivity contribution in [1.29, 1.82) is 0 Å². The Morgan fingerprint density at radius 3 is 2.52 bits per heavy atom. The molecule has 3 aromatic carbocycles. The molecule has 4 aromatic rings. The van der Waals surface area contributed by atoms with E-state index >= 15 is 0 Å². The van der Waals surface area contributed by atoms with E-state index in [1.807, 2.05) is 78.6 Å². The average molecular weight is 474 g/mol. The van der Waals surface area contributed by atoms with Gasteiger partial charge in [0.05, 0.1) is 38.8 Å². The molecule has 0 unspecified atom stereocenters. The van der Waals surface area contributed by atoms with E-state index < -0.39 is 6.04 Å². The molecular weight excluding hydrogens is 457 g/mol. The van der Waals surface area contributed by atoms with Crippen molar-refractivity contribution in [3.63, 3.8) is 0 Å². The van der Waals surface area contributed by atoms with Crippen LogP contribution in [0.15, 0.2) is 77.8 Å². The fraction of sp³-hybridized carbons (Fsp3) is 0.0800. The van der Waals surface area contributed by atoms with Gasteiger partial charge in [-0.1, -0.05) is 65.7 Å². The molecule has 0 bridgehead atoms. The Balaban J connectivity index is 1.69. The van der Waals surface area contributed by atoms with Crippen LogP contribution in [0.5, 0.6) is 0 Å². The number of carbonyl (C=O) groups excluding carboxylic acids is 1. The lowest BCUT2D eigenvalue weighted by Gasteiger charge is -2.40. The fourth-order valence-corrected chi connectivity index (χ4v) is 4.93. The van der Waals surface area contributed by atoms with E-state index in [4.69, 9.17) is 33.3 Å². The van der Waals surface area contributed by atoms with Gasteiger partial charge in [0.1, 0.15) is 0 Å². The largest absolute Gasteiger partial charge is 0.317 e. The highest BCUT2D eigenvalue weighted by Crippen LogP contribution is 2.49. The average Bonchev–Trinajstić information content (AvgIpc) is 3.17. The van der Waals surface area contributed by atoms with Crippen LogP contribution in [0.1, 0.15) is 22.9 Å². The highest BCUT2D eigenvalue weighted by Gasteiger charge is 2.43. The van der Waals surface area contributed by atoms with Crippen LogP contribution < -0.4 is 10.2 Å². The molecule has 1 atom stereocenters. The lowest BCUT2D eigenvalue weighted by molar-refractivity contribution is -0.110. The van der Waals surface area contributed by atoms with Gasteiger partial charge in [0.15, 0.2) is 5.82 Å². The maximum absolute atomic E-state index is 13.2. The first-order chi connectivity index (χ1) is 16.0. The van der Waals surface area contributed by atoms with Crippen molar-refractivity contribution >= 4 is 52.1 Å². The number of aromatic nitrogens is 2. The summed E-state index contributed by atoms with van der Waals surface area (Å²) in [5, 5.41) is 8.64. The molecule has 1 aromatic heterocycles. The third kappa shape index (κ3) is 2.98. The van der Waals surface area contributed by atoms with Crippen molar-refractivity contribution < 1.29 is 4.79 Å². The van der Waals surface area contributed by atoms with Gasteiger partial charge in [-0.3, -0.25) is 4.79 Å². The normalized spacial score (nSPS) is 16.5. The summed E-state index contributed by atoms with van der Waals surface area (Å²) in [6.07, 6.45) is 0. The van der Waals surface area contributed by atoms with Crippen molar-refractivity contribution in [3.8, 4) is 5.69 Å². The number of amidine groups is 1. The molecule has 0 aliphatic carbocycles. The molecule has 33 heavy (non-hydrogen) atoms. The number of amides is 1. The molecule has 0 saturated carbocycles. The highest BCUT2D eigenvalue weighted by atomic mass is 35.5. The van der Waals surface area contributed by atoms with Crippen molar-refractivity contribution in [2.45, 2.75) is 13.0 Å². The van der Waals surface area contributed by atoms with Crippen LogP contribution in [0, 0.1) is 6.92 Å². The summed E-state index contributed by atoms with van der Waals surface area (Å²) in [7, 11) is 0. The Bertz CT molecular complexity index is 1460. The number of fused-ring (bicyclic) bond motifs is 4. The van der Waals surface area contributed by atoms with Crippen LogP contribution in [-0.4, -0.2) is 21.5 Å². The van der Waals surface area contributed by atoms with Gasteiger partial charge in [-0.25, -0.2) is 9.67 Å². The van der Waals surface area contributed by atoms with Gasteiger partial charge in [-0.2, -0.15) is 5.10 Å². The van der Waals surface area contributed by atoms with E-state index in [1.54, 1.807) is 10.7 Å². The fourth-order valence-electron chi connectivity index (χ4n) is 4.52. The number of rotatable bonds is 2. The molecule has 2 aliphatic rings. The number of aryl methyl sites for hydroxylation is 1. The quantitative estimate of drug-likeness (QED) is 0.383. The van der Waals surface area contributed by atoms with Crippen molar-refractivity contribution in [2.75, 3.05) is 10.2 Å². The Morgan fingerprint density at radius 1 is 0.939 bits per heavy atom. The first-order valence-electron chi connectivity index (χ1n) is 10.4. The summed E-state index contributed by atoms with van der Waals surface area (Å²) in [5.74, 6) is 0.584. The third-order valence-electron chi connectivity index (χ3n) is 5.94. The number of benzene rings is 3. The number of halogens is 2. The Kier molecular flexibility index (Phi) is 4.54. The second-order valence-electron chi connectivity index (χ2n) is 7.89. The number of nitrogens with one attached hydrogen (secondary N) is 1. The van der Waals surface area contributed by atoms with Gasteiger partial charge in [-0.05, 0) is 42.8 Å². The molecule has 0 radical (unpaired) electrons. The third-order valence-corrected chi connectivity index (χ3v) is 6.78. The maximum Gasteiger partial charge on any atom is 0.291 e. The molecule has 8 heteroatoms. The predicted octanol–water partition coefficient (Wildman–Crippen LogP) is 6.08. The first-order valence-corrected chi connectivity index (χ1v) is 11.2. The van der Waals surface area contributed by atoms with E-state index in [2.05, 4.69) is 5.32 Å². The molecule has 3 heterocycles. The van der Waals surface area contributed by atoms with Gasteiger partial charge in [0, 0.05) is 5.56 Å². The van der Waals surface area contributed by atoms with Gasteiger partial charge in [0.2, 0.25) is 5.84 Å². The summed E-state index contributed by atoms with van der Waals surface area (Å²) >= 11 is 13.2. The van der Waals surface area contributed by atoms with Crippen molar-refractivity contribution in [1.82, 2.24) is 9.78 Å². The second-order valence-corrected chi connectivity index (χ2v) is 8.68. The van der Waals surface area contributed by atoms with Crippen LogP contribution in [0.3, 0.4) is 0 Å². The number of carbonyl (C=O) groups is 1. The smallest absolute Gasteiger partial charge is 0.291 e. The highest BCUT2D eigenvalue weighted by molar-refractivity contribution is 6.50. The minimum Gasteiger partial charge on any atom is -0.317 e. The minimum absolute atomic E-state index is 0.277. The Morgan fingerprint density at radius 2 is 1.70 bits per heavy atom. The zero-order chi connectivity index (χ0) is 22.7. The lowest BCUT2D eigenvalue weighted by Crippen LogP contribution is -2.48. The number of anilines is 2. The van der Waals surface area contributed by atoms with Crippen molar-refractivity contribution in [2.24, 2.45) is 4.99 Å². The summed E-state index contributed by atoms with van der Waals surface area (Å²) in [6.45, 7) is 1.94. The van der Waals surface area contributed by atoms with Gasteiger partial charge in [-0.15, -0.1) is 0 Å². The van der Waals surface area contributed by atoms with Gasteiger partial charge < -0.3 is 10.2 Å². The molecule has 0 fully saturated rings. The zero-order valence-electron chi connectivity index (χ0n) is 17.5. The molecule has 162 valence electrons. The summed E-state index contributed by atoms with van der Waals surface area (Å²) in [4.78, 5) is 20.0. The summed E-state index contributed by atoms with van der Waals surface area (Å²) < 4.78 is 1.77. The molecule has 0 spiro atoms. The number of hydrogen-bond donors (Lipinski definition) is 1. The molecular formula is C25H17Cl2N5O. The van der Waals surface area contributed by atoms with Crippen LogP contribution in [0.25, 0.3) is 5.69 Å². The lowest BCUT2D eigenvalue weighted by atomic mass is 9.93. The zero-order valence-corrected chi connectivity index (χ0v) is 19.0. The van der Waals surface area contributed by atoms with Crippen LogP contribution in [0.2, 0.25) is 10.0 Å². The first kappa shape index (κ1) is 20.0. The maximum atomic E-state index is 13.2. The summed E-state index contributed by atoms with van der Waals surface area (Å²) in [6, 6.07) is 22.5. The van der Waals surface area contributed by atoms with E-state index in [9.17, 15) is 4.79 Å². The van der Waals surface area contributed by atoms with E-state index in [-0.39, 0.29) is 11.7 Å². The minimum atomic E-state index is -0.441. The standard InChI is InChI=1S/C25H17Cl2N5O/c1-14-20-22(16-10-7-11-17(26)21(16)27)31-19-13-6-5-12-18(19)28-25(33)24(31)29-23(20)32(30-14)15-8-3-2-4-9-15/h2-13,22H,1H3,(H,28,33)/t22-/m0/s1. The summed E-state index contributed by atoms with van der Waals surface area (Å²) in [5.41, 5.74) is 4.83. The van der Waals surface area contributed by atoms with E-state index in [1.165, 1.54) is 0 Å². The topological polar surface area (TPSA) is 62.5 Å². The number of nitrogens with zero attached hydrogens (tertiary/aromatic N) is 4. The van der Waals surface area contributed by atoms with Crippen LogP contribution >= 0.6 is 23.2 Å². The van der Waals surface area contributed by atoms with Gasteiger partial charge in [0.25, 0.3) is 5.91 Å². The van der Waals surface area contributed by atoms with Crippen LogP contribution in [0.4, 0.5) is 17.2 Å². The second kappa shape index (κ2) is 7.47. The van der Waals surface area contributed by atoms with Gasteiger partial charge >= 0.3 is 0 Å². The molecule has 6 rings (SSSR count). The number of aliphatic imine (C=N–C) groups is 1. The van der Waals surface area contributed by atoms with Crippen LogP contribution in [-0.2, 0) is 4.79 Å². The molecule has 1 amide bonds. The number of para-hydroxylation sites is 3. The Labute approximate surface area is 200 Å². The van der Waals surface area contributed by atoms with E-state index in [0.29, 0.717) is 21.6 Å². The molecule has 6 nitrogen and oxygen atoms in total. The number of hydrogen-bond acceptors (Lipinski definition) is 4. The molecule has 2 aliphatic heterocycles.